The van der Waals surface area contributed by atoms with Crippen molar-refractivity contribution >= 4 is 27.7 Å². The van der Waals surface area contributed by atoms with Gasteiger partial charge in [0, 0.05) is 25.0 Å². The SMILES string of the molecule is COC(=O)NC(C(=O)NCCCCC(CO)N(CC(C)C)S(=O)(=O)c1ccc(F)c(N)c1)C(c1ccccc1)c1ccccc1. The fourth-order valence-corrected chi connectivity index (χ4v) is 7.00. The lowest BCUT2D eigenvalue weighted by atomic mass is 9.84. The Kier molecular flexibility index (Phi) is 13.3. The number of nitrogens with zero attached hydrogens (tertiary/aromatic N) is 1. The van der Waals surface area contributed by atoms with Gasteiger partial charge in [0.15, 0.2) is 0 Å². The van der Waals surface area contributed by atoms with Crippen molar-refractivity contribution in [3.63, 3.8) is 0 Å². The van der Waals surface area contributed by atoms with Gasteiger partial charge >= 0.3 is 6.09 Å². The number of anilines is 1. The number of ether oxygens (including phenoxy) is 1. The minimum absolute atomic E-state index is 0.0488. The van der Waals surface area contributed by atoms with Gasteiger partial charge in [0.2, 0.25) is 15.9 Å². The number of halogens is 1. The van der Waals surface area contributed by atoms with Crippen LogP contribution in [0.15, 0.2) is 83.8 Å². The molecule has 12 heteroatoms. The second-order valence-corrected chi connectivity index (χ2v) is 13.1. The van der Waals surface area contributed by atoms with Crippen LogP contribution in [-0.4, -0.2) is 68.7 Å². The van der Waals surface area contributed by atoms with Gasteiger partial charge < -0.3 is 26.2 Å². The van der Waals surface area contributed by atoms with Gasteiger partial charge in [-0.05, 0) is 48.1 Å². The summed E-state index contributed by atoms with van der Waals surface area (Å²) in [6.07, 6.45) is 0.535. The lowest BCUT2D eigenvalue weighted by Gasteiger charge is -2.31. The third-order valence-corrected chi connectivity index (χ3v) is 9.31. The normalized spacial score (nSPS) is 13.1. The fourth-order valence-electron chi connectivity index (χ4n) is 5.16. The van der Waals surface area contributed by atoms with E-state index in [-0.39, 0.29) is 29.6 Å². The maximum Gasteiger partial charge on any atom is 0.407 e. The van der Waals surface area contributed by atoms with Crippen molar-refractivity contribution in [1.82, 2.24) is 14.9 Å². The number of nitrogen functional groups attached to an aromatic ring is 1. The lowest BCUT2D eigenvalue weighted by Crippen LogP contribution is -2.50. The average Bonchev–Trinajstić information content (AvgIpc) is 3.03. The van der Waals surface area contributed by atoms with Gasteiger partial charge in [0.25, 0.3) is 0 Å². The fraction of sp³-hybridized carbons (Fsp3) is 0.394. The number of aliphatic hydroxyl groups excluding tert-OH is 1. The molecule has 0 saturated carbocycles. The van der Waals surface area contributed by atoms with Crippen LogP contribution in [0.4, 0.5) is 14.9 Å². The van der Waals surface area contributed by atoms with Crippen molar-refractivity contribution in [2.45, 2.75) is 56.0 Å². The van der Waals surface area contributed by atoms with Crippen LogP contribution in [0.5, 0.6) is 0 Å². The second kappa shape index (κ2) is 16.9. The summed E-state index contributed by atoms with van der Waals surface area (Å²) in [7, 11) is -2.85. The Morgan fingerprint density at radius 2 is 1.58 bits per heavy atom. The first kappa shape index (κ1) is 35.5. The molecule has 3 aromatic rings. The van der Waals surface area contributed by atoms with E-state index in [1.807, 2.05) is 74.5 Å². The molecule has 0 saturated heterocycles. The molecule has 2 unspecified atom stereocenters. The second-order valence-electron chi connectivity index (χ2n) is 11.2. The van der Waals surface area contributed by atoms with Crippen molar-refractivity contribution in [2.24, 2.45) is 5.92 Å². The van der Waals surface area contributed by atoms with E-state index in [1.54, 1.807) is 0 Å². The highest BCUT2D eigenvalue weighted by atomic mass is 32.2. The monoisotopic (exact) mass is 642 g/mol. The molecule has 0 heterocycles. The van der Waals surface area contributed by atoms with E-state index in [2.05, 4.69) is 10.6 Å². The summed E-state index contributed by atoms with van der Waals surface area (Å²) in [5.74, 6) is -1.67. The first-order chi connectivity index (χ1) is 21.5. The zero-order valence-corrected chi connectivity index (χ0v) is 26.7. The number of alkyl carbamates (subject to hydrolysis) is 1. The molecule has 3 aromatic carbocycles. The predicted molar refractivity (Wildman–Crippen MR) is 171 cm³/mol. The van der Waals surface area contributed by atoms with Gasteiger partial charge in [0.1, 0.15) is 11.9 Å². The number of amides is 2. The Balaban J connectivity index is 1.71. The number of aliphatic hydroxyl groups is 1. The van der Waals surface area contributed by atoms with Gasteiger partial charge in [-0.1, -0.05) is 80.9 Å². The molecule has 2 amide bonds. The molecule has 244 valence electrons. The Morgan fingerprint density at radius 1 is 0.978 bits per heavy atom. The molecule has 0 spiro atoms. The third kappa shape index (κ3) is 9.74. The van der Waals surface area contributed by atoms with Gasteiger partial charge in [-0.25, -0.2) is 17.6 Å². The lowest BCUT2D eigenvalue weighted by molar-refractivity contribution is -0.123. The number of benzene rings is 3. The van der Waals surface area contributed by atoms with Crippen LogP contribution in [0.1, 0.15) is 50.2 Å². The number of nitrogens with one attached hydrogen (secondary N) is 2. The van der Waals surface area contributed by atoms with Crippen LogP contribution in [0.25, 0.3) is 0 Å². The van der Waals surface area contributed by atoms with Gasteiger partial charge in [-0.2, -0.15) is 4.31 Å². The number of hydrogen-bond acceptors (Lipinski definition) is 7. The largest absolute Gasteiger partial charge is 0.453 e. The average molecular weight is 643 g/mol. The Hall–Kier alpha value is -4.00. The van der Waals surface area contributed by atoms with E-state index in [0.717, 1.165) is 29.3 Å². The molecule has 5 N–H and O–H groups in total. The van der Waals surface area contributed by atoms with E-state index in [0.29, 0.717) is 19.3 Å². The molecule has 0 bridgehead atoms. The highest BCUT2D eigenvalue weighted by molar-refractivity contribution is 7.89. The summed E-state index contributed by atoms with van der Waals surface area (Å²) in [4.78, 5) is 25.7. The van der Waals surface area contributed by atoms with Crippen molar-refractivity contribution in [1.29, 1.82) is 0 Å². The first-order valence-corrected chi connectivity index (χ1v) is 16.3. The number of unbranched alkanes of at least 4 members (excludes halogenated alkanes) is 1. The highest BCUT2D eigenvalue weighted by Gasteiger charge is 2.34. The standard InChI is InChI=1S/C33H43FN4O6S/c1-23(2)21-38(45(42,43)27-17-18-28(34)29(35)20-27)26(22-39)16-10-11-19-36-32(40)31(37-33(41)44-3)30(24-12-6-4-7-13-24)25-14-8-5-9-15-25/h4-9,12-15,17-18,20,23,26,30-31,39H,10-11,16,19,21-22,35H2,1-3H3,(H,36,40)(H,37,41). The molecule has 3 rings (SSSR count). The molecule has 0 aliphatic rings. The van der Waals surface area contributed by atoms with Crippen molar-refractivity contribution in [3.05, 3.63) is 95.8 Å². The van der Waals surface area contributed by atoms with Crippen LogP contribution >= 0.6 is 0 Å². The van der Waals surface area contributed by atoms with Crippen LogP contribution in [0.2, 0.25) is 0 Å². The third-order valence-electron chi connectivity index (χ3n) is 7.39. The summed E-state index contributed by atoms with van der Waals surface area (Å²) in [5.41, 5.74) is 7.02. The van der Waals surface area contributed by atoms with Crippen molar-refractivity contribution in [3.8, 4) is 0 Å². The van der Waals surface area contributed by atoms with Crippen molar-refractivity contribution in [2.75, 3.05) is 32.5 Å². The number of rotatable bonds is 16. The molecule has 45 heavy (non-hydrogen) atoms. The predicted octanol–water partition coefficient (Wildman–Crippen LogP) is 4.26. The minimum atomic E-state index is -4.09. The summed E-state index contributed by atoms with van der Waals surface area (Å²) in [6, 6.07) is 20.3. The molecule has 0 aliphatic heterocycles. The number of carbonyl (C=O) groups is 2. The summed E-state index contributed by atoms with van der Waals surface area (Å²) >= 11 is 0. The minimum Gasteiger partial charge on any atom is -0.453 e. The summed E-state index contributed by atoms with van der Waals surface area (Å²) in [5, 5.41) is 15.8. The molecule has 0 fully saturated rings. The number of sulfonamides is 1. The number of nitrogens with two attached hydrogens (primary N) is 1. The molecule has 0 radical (unpaired) electrons. The number of carbonyl (C=O) groups excluding carboxylic acids is 2. The Morgan fingerprint density at radius 3 is 2.09 bits per heavy atom. The molecule has 0 aromatic heterocycles. The van der Waals surface area contributed by atoms with E-state index in [4.69, 9.17) is 10.5 Å². The topological polar surface area (TPSA) is 151 Å². The number of methoxy groups -OCH3 is 1. The van der Waals surface area contributed by atoms with Crippen molar-refractivity contribution < 1.29 is 32.2 Å². The van der Waals surface area contributed by atoms with E-state index in [9.17, 15) is 27.5 Å². The molecule has 2 atom stereocenters. The van der Waals surface area contributed by atoms with Gasteiger partial charge in [-0.3, -0.25) is 4.79 Å². The van der Waals surface area contributed by atoms with E-state index >= 15 is 0 Å². The molecule has 0 aliphatic carbocycles. The summed E-state index contributed by atoms with van der Waals surface area (Å²) < 4.78 is 46.9. The smallest absolute Gasteiger partial charge is 0.407 e. The molecular weight excluding hydrogens is 599 g/mol. The van der Waals surface area contributed by atoms with Crippen LogP contribution in [0, 0.1) is 11.7 Å². The molecular formula is C33H43FN4O6S. The van der Waals surface area contributed by atoms with Gasteiger partial charge in [0.05, 0.1) is 24.3 Å². The first-order valence-electron chi connectivity index (χ1n) is 14.9. The summed E-state index contributed by atoms with van der Waals surface area (Å²) in [6.45, 7) is 3.70. The molecule has 10 nitrogen and oxygen atoms in total. The number of hydrogen-bond donors (Lipinski definition) is 4. The van der Waals surface area contributed by atoms with Crippen LogP contribution in [-0.2, 0) is 19.6 Å². The Bertz CT molecular complexity index is 1450. The van der Waals surface area contributed by atoms with Crippen LogP contribution in [0.3, 0.4) is 0 Å². The highest BCUT2D eigenvalue weighted by Crippen LogP contribution is 2.29. The van der Waals surface area contributed by atoms with Crippen LogP contribution < -0.4 is 16.4 Å². The maximum atomic E-state index is 13.7. The Labute approximate surface area is 264 Å². The maximum absolute atomic E-state index is 13.7. The zero-order chi connectivity index (χ0) is 33.0. The van der Waals surface area contributed by atoms with Gasteiger partial charge in [-0.15, -0.1) is 0 Å². The zero-order valence-electron chi connectivity index (χ0n) is 25.9. The van der Waals surface area contributed by atoms with E-state index in [1.165, 1.54) is 11.4 Å². The quantitative estimate of drug-likeness (QED) is 0.135. The van der Waals surface area contributed by atoms with E-state index < -0.39 is 52.4 Å².